The van der Waals surface area contributed by atoms with Crippen LogP contribution in [-0.2, 0) is 28.6 Å². The van der Waals surface area contributed by atoms with E-state index in [-0.39, 0.29) is 36.9 Å². The lowest BCUT2D eigenvalue weighted by Gasteiger charge is -2.35. The fourth-order valence-corrected chi connectivity index (χ4v) is 5.92. The van der Waals surface area contributed by atoms with Crippen molar-refractivity contribution in [3.63, 3.8) is 0 Å². The summed E-state index contributed by atoms with van der Waals surface area (Å²) in [5, 5.41) is 4.23. The monoisotopic (exact) mass is 649 g/mol. The van der Waals surface area contributed by atoms with Gasteiger partial charge in [-0.1, -0.05) is 19.6 Å². The Kier molecular flexibility index (Phi) is 10.3. The first-order chi connectivity index (χ1) is 20.5. The van der Waals surface area contributed by atoms with Crippen molar-refractivity contribution < 1.29 is 35.9 Å². The molecule has 17 heteroatoms. The molecule has 2 fully saturated rings. The molecule has 2 aliphatic heterocycles. The molecule has 0 aromatic carbocycles. The van der Waals surface area contributed by atoms with Crippen LogP contribution in [0.3, 0.4) is 0 Å². The van der Waals surface area contributed by atoms with Gasteiger partial charge in [-0.2, -0.15) is 26.3 Å². The molecule has 2 saturated heterocycles. The van der Waals surface area contributed by atoms with E-state index < -0.39 is 37.1 Å². The zero-order valence-corrected chi connectivity index (χ0v) is 25.9. The van der Waals surface area contributed by atoms with Gasteiger partial charge in [0.15, 0.2) is 0 Å². The van der Waals surface area contributed by atoms with Crippen LogP contribution < -0.4 is 15.4 Å². The maximum atomic E-state index is 13.8. The zero-order valence-electron chi connectivity index (χ0n) is 24.9. The topological polar surface area (TPSA) is 96.7 Å². The normalized spacial score (nSPS) is 18.3. The number of halogens is 6. The molecular formula is C27H37F6N7O3Si. The number of alkyl halides is 6. The van der Waals surface area contributed by atoms with Crippen LogP contribution in [0.5, 0.6) is 0 Å². The standard InChI is InChI=1S/C27H37F6N7O3Si/c1-44(2,3)14-13-43-18-40-24(42)21(27(31,32)33)15-22(36-40)39-8-4-5-20(39)6-7-23(41)37-9-11-38(12-10-37)25-34-16-19(17-35-25)26(28,29)30/h15-17,20H,4-14,18H2,1-3H3/t20-/m0/s1. The van der Waals surface area contributed by atoms with E-state index in [4.69, 9.17) is 4.74 Å². The van der Waals surface area contributed by atoms with E-state index in [1.807, 2.05) is 0 Å². The molecule has 4 heterocycles. The number of amides is 1. The summed E-state index contributed by atoms with van der Waals surface area (Å²) >= 11 is 0. The highest BCUT2D eigenvalue weighted by atomic mass is 28.3. The second-order valence-electron chi connectivity index (χ2n) is 12.2. The summed E-state index contributed by atoms with van der Waals surface area (Å²) in [6.45, 7) is 8.13. The van der Waals surface area contributed by atoms with E-state index in [0.29, 0.717) is 58.6 Å². The van der Waals surface area contributed by atoms with E-state index >= 15 is 0 Å². The van der Waals surface area contributed by atoms with Gasteiger partial charge in [-0.3, -0.25) is 9.59 Å². The van der Waals surface area contributed by atoms with Crippen molar-refractivity contribution in [1.82, 2.24) is 24.6 Å². The smallest absolute Gasteiger partial charge is 0.359 e. The van der Waals surface area contributed by atoms with Crippen molar-refractivity contribution in [1.29, 1.82) is 0 Å². The number of anilines is 2. The number of hydrogen-bond donors (Lipinski definition) is 0. The summed E-state index contributed by atoms with van der Waals surface area (Å²) in [6.07, 6.45) is -6.05. The average Bonchev–Trinajstić information content (AvgIpc) is 3.42. The summed E-state index contributed by atoms with van der Waals surface area (Å²) < 4.78 is 86.0. The highest BCUT2D eigenvalue weighted by Gasteiger charge is 2.38. The number of carbonyl (C=O) groups excluding carboxylic acids is 1. The van der Waals surface area contributed by atoms with Crippen LogP contribution in [0.4, 0.5) is 38.1 Å². The SMILES string of the molecule is C[Si](C)(C)CCOCn1nc(N2CCC[C@H]2CCC(=O)N2CCN(c3ncc(C(F)(F)F)cn3)CC2)cc(C(F)(F)F)c1=O. The molecule has 244 valence electrons. The van der Waals surface area contributed by atoms with Gasteiger partial charge in [0.2, 0.25) is 11.9 Å². The van der Waals surface area contributed by atoms with E-state index in [9.17, 15) is 35.9 Å². The quantitative estimate of drug-likeness (QED) is 0.211. The van der Waals surface area contributed by atoms with E-state index in [2.05, 4.69) is 34.7 Å². The molecule has 0 aliphatic carbocycles. The predicted molar refractivity (Wildman–Crippen MR) is 153 cm³/mol. The summed E-state index contributed by atoms with van der Waals surface area (Å²) in [6, 6.07) is 1.32. The highest BCUT2D eigenvalue weighted by Crippen LogP contribution is 2.32. The minimum atomic E-state index is -4.87. The fourth-order valence-electron chi connectivity index (χ4n) is 5.16. The molecule has 0 unspecified atom stereocenters. The summed E-state index contributed by atoms with van der Waals surface area (Å²) in [5.74, 6) is 0.0422. The third kappa shape index (κ3) is 8.70. The Labute approximate surface area is 252 Å². The average molecular weight is 650 g/mol. The van der Waals surface area contributed by atoms with Crippen molar-refractivity contribution in [3.8, 4) is 0 Å². The first-order valence-electron chi connectivity index (χ1n) is 14.5. The molecule has 1 atom stereocenters. The molecule has 0 bridgehead atoms. The molecular weight excluding hydrogens is 612 g/mol. The van der Waals surface area contributed by atoms with Crippen LogP contribution in [0.2, 0.25) is 25.7 Å². The van der Waals surface area contributed by atoms with Crippen LogP contribution in [-0.4, -0.2) is 84.0 Å². The first kappa shape index (κ1) is 33.7. The molecule has 2 aromatic heterocycles. The van der Waals surface area contributed by atoms with Crippen LogP contribution in [0.1, 0.15) is 36.8 Å². The Hall–Kier alpha value is -3.21. The van der Waals surface area contributed by atoms with Gasteiger partial charge in [0.25, 0.3) is 5.56 Å². The first-order valence-corrected chi connectivity index (χ1v) is 18.2. The van der Waals surface area contributed by atoms with Crippen molar-refractivity contribution in [2.75, 3.05) is 49.1 Å². The lowest BCUT2D eigenvalue weighted by atomic mass is 10.1. The second-order valence-corrected chi connectivity index (χ2v) is 17.9. The fraction of sp³-hybridized carbons (Fsp3) is 0.667. The molecule has 2 aliphatic rings. The number of ether oxygens (including phenoxy) is 1. The van der Waals surface area contributed by atoms with Gasteiger partial charge in [0, 0.05) is 78.3 Å². The molecule has 1 amide bonds. The molecule has 0 spiro atoms. The number of aromatic nitrogens is 4. The van der Waals surface area contributed by atoms with Gasteiger partial charge < -0.3 is 19.4 Å². The Morgan fingerprint density at radius 1 is 1.00 bits per heavy atom. The second kappa shape index (κ2) is 13.4. The van der Waals surface area contributed by atoms with Gasteiger partial charge in [-0.25, -0.2) is 14.6 Å². The van der Waals surface area contributed by atoms with Gasteiger partial charge >= 0.3 is 12.4 Å². The lowest BCUT2D eigenvalue weighted by molar-refractivity contribution is -0.139. The summed E-state index contributed by atoms with van der Waals surface area (Å²) in [4.78, 5) is 38.3. The van der Waals surface area contributed by atoms with Crippen LogP contribution in [0.15, 0.2) is 23.3 Å². The van der Waals surface area contributed by atoms with Crippen molar-refractivity contribution >= 4 is 25.7 Å². The van der Waals surface area contributed by atoms with Gasteiger partial charge in [0.05, 0.1) is 5.56 Å². The minimum Gasteiger partial charge on any atom is -0.359 e. The van der Waals surface area contributed by atoms with Crippen LogP contribution >= 0.6 is 0 Å². The molecule has 0 radical (unpaired) electrons. The number of piperazine rings is 1. The zero-order chi connectivity index (χ0) is 32.3. The lowest BCUT2D eigenvalue weighted by Crippen LogP contribution is -2.49. The summed E-state index contributed by atoms with van der Waals surface area (Å²) in [5.41, 5.74) is -3.51. The molecule has 44 heavy (non-hydrogen) atoms. The Bertz CT molecular complexity index is 1340. The van der Waals surface area contributed by atoms with Crippen molar-refractivity contribution in [3.05, 3.63) is 39.9 Å². The van der Waals surface area contributed by atoms with Crippen LogP contribution in [0.25, 0.3) is 0 Å². The molecule has 4 rings (SSSR count). The van der Waals surface area contributed by atoms with E-state index in [1.165, 1.54) is 0 Å². The molecule has 2 aromatic rings. The number of nitrogens with zero attached hydrogens (tertiary/aromatic N) is 7. The Morgan fingerprint density at radius 3 is 2.25 bits per heavy atom. The van der Waals surface area contributed by atoms with Crippen LogP contribution in [0, 0.1) is 0 Å². The van der Waals surface area contributed by atoms with E-state index in [1.54, 1.807) is 14.7 Å². The van der Waals surface area contributed by atoms with Crippen molar-refractivity contribution in [2.45, 2.75) is 76.5 Å². The largest absolute Gasteiger partial charge is 0.421 e. The highest BCUT2D eigenvalue weighted by molar-refractivity contribution is 6.76. The van der Waals surface area contributed by atoms with Crippen molar-refractivity contribution in [2.24, 2.45) is 0 Å². The maximum Gasteiger partial charge on any atom is 0.421 e. The van der Waals surface area contributed by atoms with Gasteiger partial charge in [0.1, 0.15) is 18.1 Å². The Balaban J connectivity index is 1.36. The number of carbonyl (C=O) groups is 1. The molecule has 10 nitrogen and oxygen atoms in total. The van der Waals surface area contributed by atoms with Gasteiger partial charge in [-0.05, 0) is 25.3 Å². The maximum absolute atomic E-state index is 13.8. The predicted octanol–water partition coefficient (Wildman–Crippen LogP) is 4.48. The molecule has 0 saturated carbocycles. The Morgan fingerprint density at radius 2 is 1.66 bits per heavy atom. The summed E-state index contributed by atoms with van der Waals surface area (Å²) in [7, 11) is -1.44. The third-order valence-corrected chi connectivity index (χ3v) is 9.42. The minimum absolute atomic E-state index is 0.0193. The third-order valence-electron chi connectivity index (χ3n) is 7.72. The number of hydrogen-bond acceptors (Lipinski definition) is 8. The molecule has 0 N–H and O–H groups in total. The van der Waals surface area contributed by atoms with E-state index in [0.717, 1.165) is 29.2 Å². The van der Waals surface area contributed by atoms with Gasteiger partial charge in [-0.15, -0.1) is 5.10 Å². The number of rotatable bonds is 10.